The monoisotopic (exact) mass is 225 g/mol. The summed E-state index contributed by atoms with van der Waals surface area (Å²) in [6.45, 7) is 8.55. The molecule has 0 aromatic carbocycles. The van der Waals surface area contributed by atoms with Gasteiger partial charge in [0.25, 0.3) is 0 Å². The number of hydrogen-bond acceptors (Lipinski definition) is 3. The highest BCUT2D eigenvalue weighted by Crippen LogP contribution is 2.25. The number of nitrogens with one attached hydrogen (secondary N) is 1. The van der Waals surface area contributed by atoms with Crippen LogP contribution in [0.3, 0.4) is 0 Å². The Kier molecular flexibility index (Phi) is 3.57. The molecule has 0 aliphatic carbocycles. The average Bonchev–Trinajstić information content (AvgIpc) is 2.67. The summed E-state index contributed by atoms with van der Waals surface area (Å²) < 4.78 is 5.23. The van der Waals surface area contributed by atoms with Crippen molar-refractivity contribution < 1.29 is 9.32 Å². The third-order valence-electron chi connectivity index (χ3n) is 2.29. The minimum absolute atomic E-state index is 0.104. The first kappa shape index (κ1) is 12.5. The molecule has 5 nitrogen and oxygen atoms in total. The van der Waals surface area contributed by atoms with E-state index < -0.39 is 0 Å². The zero-order valence-electron chi connectivity index (χ0n) is 10.5. The lowest BCUT2D eigenvalue weighted by Gasteiger charge is -2.16. The Labute approximate surface area is 95.8 Å². The van der Waals surface area contributed by atoms with Crippen LogP contribution in [0.25, 0.3) is 0 Å². The van der Waals surface area contributed by atoms with Crippen LogP contribution < -0.4 is 10.2 Å². The van der Waals surface area contributed by atoms with E-state index in [0.29, 0.717) is 12.4 Å². The Balaban J connectivity index is 2.96. The van der Waals surface area contributed by atoms with Crippen LogP contribution in [0.2, 0.25) is 0 Å². The average molecular weight is 225 g/mol. The minimum Gasteiger partial charge on any atom is -0.359 e. The number of aromatic nitrogens is 1. The molecule has 0 saturated heterocycles. The van der Waals surface area contributed by atoms with Gasteiger partial charge in [-0.1, -0.05) is 25.9 Å². The molecular weight excluding hydrogens is 206 g/mol. The summed E-state index contributed by atoms with van der Waals surface area (Å²) in [7, 11) is 1.59. The molecule has 0 saturated carbocycles. The maximum Gasteiger partial charge on any atom is 0.322 e. The largest absolute Gasteiger partial charge is 0.359 e. The van der Waals surface area contributed by atoms with Crippen LogP contribution in [0.1, 0.15) is 33.5 Å². The fraction of sp³-hybridized carbons (Fsp3) is 0.636. The normalized spacial score (nSPS) is 11.3. The second-order valence-electron chi connectivity index (χ2n) is 4.60. The van der Waals surface area contributed by atoms with Gasteiger partial charge in [-0.15, -0.1) is 0 Å². The molecule has 5 heteroatoms. The number of amides is 2. The predicted molar refractivity (Wildman–Crippen MR) is 62.7 cm³/mol. The molecule has 0 atom stereocenters. The first-order valence-electron chi connectivity index (χ1n) is 5.36. The molecule has 0 spiro atoms. The zero-order chi connectivity index (χ0) is 12.3. The van der Waals surface area contributed by atoms with E-state index in [1.807, 2.05) is 27.7 Å². The van der Waals surface area contributed by atoms with Crippen molar-refractivity contribution in [3.8, 4) is 0 Å². The number of carbonyl (C=O) groups is 1. The summed E-state index contributed by atoms with van der Waals surface area (Å²) in [5.41, 5.74) is -0.104. The van der Waals surface area contributed by atoms with Gasteiger partial charge in [0.15, 0.2) is 5.82 Å². The molecule has 0 fully saturated rings. The highest BCUT2D eigenvalue weighted by atomic mass is 16.5. The Morgan fingerprint density at radius 2 is 2.19 bits per heavy atom. The first-order chi connectivity index (χ1) is 7.40. The fourth-order valence-corrected chi connectivity index (χ4v) is 1.29. The summed E-state index contributed by atoms with van der Waals surface area (Å²) in [4.78, 5) is 13.1. The predicted octanol–water partition coefficient (Wildman–Crippen LogP) is 2.14. The summed E-state index contributed by atoms with van der Waals surface area (Å²) in [5, 5.41) is 6.48. The molecule has 0 aliphatic heterocycles. The molecular formula is C11H19N3O2. The molecule has 1 aromatic heterocycles. The molecule has 0 unspecified atom stereocenters. The summed E-state index contributed by atoms with van der Waals surface area (Å²) in [6, 6.07) is 1.62. The zero-order valence-corrected chi connectivity index (χ0v) is 10.5. The maximum atomic E-state index is 11.5. The number of hydrogen-bond donors (Lipinski definition) is 1. The van der Waals surface area contributed by atoms with E-state index in [1.165, 1.54) is 4.90 Å². The smallest absolute Gasteiger partial charge is 0.322 e. The standard InChI is InChI=1S/C11H19N3O2/c1-6-14(10(15)12-5)9-7-8(16-13-9)11(2,3)4/h7H,6H2,1-5H3,(H,12,15). The topological polar surface area (TPSA) is 58.4 Å². The molecule has 1 heterocycles. The SMILES string of the molecule is CCN(C(=O)NC)c1cc(C(C)(C)C)on1. The van der Waals surface area contributed by atoms with Crippen LogP contribution in [0.5, 0.6) is 0 Å². The summed E-state index contributed by atoms with van der Waals surface area (Å²) in [6.07, 6.45) is 0. The van der Waals surface area contributed by atoms with Crippen molar-refractivity contribution in [1.82, 2.24) is 10.5 Å². The Hall–Kier alpha value is -1.52. The number of carbonyl (C=O) groups excluding carboxylic acids is 1. The number of urea groups is 1. The van der Waals surface area contributed by atoms with Gasteiger partial charge in [0.1, 0.15) is 5.76 Å². The minimum atomic E-state index is -0.184. The van der Waals surface area contributed by atoms with E-state index in [4.69, 9.17) is 4.52 Å². The van der Waals surface area contributed by atoms with Crippen molar-refractivity contribution in [2.45, 2.75) is 33.1 Å². The van der Waals surface area contributed by atoms with Gasteiger partial charge in [0.2, 0.25) is 0 Å². The van der Waals surface area contributed by atoms with Gasteiger partial charge in [0.05, 0.1) is 0 Å². The lowest BCUT2D eigenvalue weighted by Crippen LogP contribution is -2.38. The molecule has 1 aromatic rings. The van der Waals surface area contributed by atoms with E-state index >= 15 is 0 Å². The van der Waals surface area contributed by atoms with Crippen LogP contribution in [-0.2, 0) is 5.41 Å². The van der Waals surface area contributed by atoms with Crippen LogP contribution in [-0.4, -0.2) is 24.8 Å². The number of rotatable bonds is 2. The van der Waals surface area contributed by atoms with Crippen molar-refractivity contribution in [2.24, 2.45) is 0 Å². The molecule has 90 valence electrons. The third-order valence-corrected chi connectivity index (χ3v) is 2.29. The van der Waals surface area contributed by atoms with E-state index in [0.717, 1.165) is 5.76 Å². The van der Waals surface area contributed by atoms with Crippen molar-refractivity contribution in [3.63, 3.8) is 0 Å². The van der Waals surface area contributed by atoms with Crippen molar-refractivity contribution in [2.75, 3.05) is 18.5 Å². The Morgan fingerprint density at radius 3 is 2.56 bits per heavy atom. The molecule has 0 radical (unpaired) electrons. The van der Waals surface area contributed by atoms with Crippen LogP contribution in [0.4, 0.5) is 10.6 Å². The second kappa shape index (κ2) is 4.55. The molecule has 2 amide bonds. The summed E-state index contributed by atoms with van der Waals surface area (Å²) in [5.74, 6) is 1.32. The molecule has 1 N–H and O–H groups in total. The van der Waals surface area contributed by atoms with Gasteiger partial charge in [-0.05, 0) is 6.92 Å². The quantitative estimate of drug-likeness (QED) is 0.838. The van der Waals surface area contributed by atoms with Gasteiger partial charge in [-0.3, -0.25) is 4.90 Å². The fourth-order valence-electron chi connectivity index (χ4n) is 1.29. The highest BCUT2D eigenvalue weighted by Gasteiger charge is 2.23. The lowest BCUT2D eigenvalue weighted by atomic mass is 9.93. The van der Waals surface area contributed by atoms with Crippen molar-refractivity contribution in [1.29, 1.82) is 0 Å². The lowest BCUT2D eigenvalue weighted by molar-refractivity contribution is 0.248. The Bertz CT molecular complexity index is 366. The van der Waals surface area contributed by atoms with Crippen molar-refractivity contribution >= 4 is 11.8 Å². The number of nitrogens with zero attached hydrogens (tertiary/aromatic N) is 2. The second-order valence-corrected chi connectivity index (χ2v) is 4.60. The van der Waals surface area contributed by atoms with Crippen LogP contribution in [0, 0.1) is 0 Å². The van der Waals surface area contributed by atoms with Gasteiger partial charge < -0.3 is 9.84 Å². The van der Waals surface area contributed by atoms with E-state index in [2.05, 4.69) is 10.5 Å². The van der Waals surface area contributed by atoms with Gasteiger partial charge in [0, 0.05) is 25.1 Å². The number of anilines is 1. The molecule has 16 heavy (non-hydrogen) atoms. The molecule has 1 rings (SSSR count). The van der Waals surface area contributed by atoms with Gasteiger partial charge >= 0.3 is 6.03 Å². The first-order valence-corrected chi connectivity index (χ1v) is 5.36. The molecule has 0 bridgehead atoms. The highest BCUT2D eigenvalue weighted by molar-refractivity contribution is 5.90. The van der Waals surface area contributed by atoms with Gasteiger partial charge in [-0.25, -0.2) is 4.79 Å². The Morgan fingerprint density at radius 1 is 1.56 bits per heavy atom. The third kappa shape index (κ3) is 2.53. The van der Waals surface area contributed by atoms with Crippen LogP contribution >= 0.6 is 0 Å². The van der Waals surface area contributed by atoms with E-state index in [9.17, 15) is 4.79 Å². The van der Waals surface area contributed by atoms with E-state index in [-0.39, 0.29) is 11.4 Å². The van der Waals surface area contributed by atoms with Crippen molar-refractivity contribution in [3.05, 3.63) is 11.8 Å². The van der Waals surface area contributed by atoms with Gasteiger partial charge in [-0.2, -0.15) is 0 Å². The van der Waals surface area contributed by atoms with Crippen LogP contribution in [0.15, 0.2) is 10.6 Å². The van der Waals surface area contributed by atoms with E-state index in [1.54, 1.807) is 13.1 Å². The summed E-state index contributed by atoms with van der Waals surface area (Å²) >= 11 is 0. The molecule has 0 aliphatic rings. The maximum absolute atomic E-state index is 11.5.